The Morgan fingerprint density at radius 2 is 1.93 bits per heavy atom. The zero-order chi connectivity index (χ0) is 31.0. The van der Waals surface area contributed by atoms with Gasteiger partial charge in [-0.25, -0.2) is 4.68 Å². The number of halogens is 1. The number of aromatic nitrogens is 3. The maximum absolute atomic E-state index is 14.9. The number of esters is 1. The molecule has 0 radical (unpaired) electrons. The minimum Gasteiger partial charge on any atom is -0.465 e. The van der Waals surface area contributed by atoms with Gasteiger partial charge in [-0.1, -0.05) is 75.8 Å². The lowest BCUT2D eigenvalue weighted by atomic mass is 9.71. The number of hydrogen-bond acceptors (Lipinski definition) is 8. The van der Waals surface area contributed by atoms with Gasteiger partial charge < -0.3 is 19.6 Å². The van der Waals surface area contributed by atoms with Crippen molar-refractivity contribution in [3.8, 4) is 0 Å². The Balaban J connectivity index is 1.43. The van der Waals surface area contributed by atoms with Crippen LogP contribution in [0.5, 0.6) is 0 Å². The first-order valence-corrected chi connectivity index (χ1v) is 16.4. The number of nitrogens with zero attached hydrogens (tertiary/aromatic N) is 5. The van der Waals surface area contributed by atoms with Gasteiger partial charge >= 0.3 is 5.97 Å². The van der Waals surface area contributed by atoms with Crippen LogP contribution >= 0.6 is 27.7 Å². The van der Waals surface area contributed by atoms with E-state index in [1.54, 1.807) is 21.7 Å². The Hall–Kier alpha value is -3.48. The number of fused-ring (bicyclic) bond motifs is 2. The number of aliphatic hydroxyl groups is 1. The zero-order valence-corrected chi connectivity index (χ0v) is 26.5. The lowest BCUT2D eigenvalue weighted by Crippen LogP contribution is -2.56. The number of carbonyl (C=O) groups excluding carboxylic acids is 3. The van der Waals surface area contributed by atoms with Crippen molar-refractivity contribution in [3.05, 3.63) is 85.5 Å². The van der Waals surface area contributed by atoms with Gasteiger partial charge in [0.1, 0.15) is 18.2 Å². The highest BCUT2D eigenvalue weighted by Gasteiger charge is 2.76. The minimum atomic E-state index is -0.965. The predicted molar refractivity (Wildman–Crippen MR) is 171 cm³/mol. The van der Waals surface area contributed by atoms with E-state index in [0.29, 0.717) is 23.9 Å². The summed E-state index contributed by atoms with van der Waals surface area (Å²) in [6.45, 7) is 7.64. The molecule has 3 unspecified atom stereocenters. The zero-order valence-electron chi connectivity index (χ0n) is 24.1. The Kier molecular flexibility index (Phi) is 8.67. The van der Waals surface area contributed by atoms with Gasteiger partial charge in [-0.15, -0.1) is 30.0 Å². The molecular weight excluding hydrogens is 646 g/mol. The molecule has 4 heterocycles. The SMILES string of the molecule is C=CCCOC(=O)[C@H]1[C@@H]2SC3(CC2Br)C(C(=O)N(CC=C)Cn2nnc4ccccc42)N([C@H](CO)c2ccccc2)C(=O)[C@H]13. The van der Waals surface area contributed by atoms with Gasteiger partial charge in [-0.2, -0.15) is 0 Å². The van der Waals surface area contributed by atoms with Gasteiger partial charge in [0, 0.05) is 16.6 Å². The quantitative estimate of drug-likeness (QED) is 0.133. The summed E-state index contributed by atoms with van der Waals surface area (Å²) in [5.74, 6) is -2.59. The number of para-hydroxylation sites is 1. The summed E-state index contributed by atoms with van der Waals surface area (Å²) >= 11 is 5.32. The summed E-state index contributed by atoms with van der Waals surface area (Å²) in [5.41, 5.74) is 2.17. The minimum absolute atomic E-state index is 0.0820. The van der Waals surface area contributed by atoms with E-state index in [2.05, 4.69) is 39.4 Å². The van der Waals surface area contributed by atoms with E-state index in [9.17, 15) is 19.5 Å². The van der Waals surface area contributed by atoms with Crippen LogP contribution in [0.1, 0.15) is 24.4 Å². The first kappa shape index (κ1) is 30.5. The molecule has 3 fully saturated rings. The first-order chi connectivity index (χ1) is 21.4. The van der Waals surface area contributed by atoms with Gasteiger partial charge in [-0.05, 0) is 30.5 Å². The van der Waals surface area contributed by atoms with Gasteiger partial charge in [0.2, 0.25) is 11.8 Å². The van der Waals surface area contributed by atoms with Crippen LogP contribution in [-0.4, -0.2) is 88.3 Å². The third-order valence-corrected chi connectivity index (χ3v) is 12.1. The van der Waals surface area contributed by atoms with Crippen LogP contribution < -0.4 is 0 Å². The number of amides is 2. The van der Waals surface area contributed by atoms with Crippen molar-refractivity contribution in [2.45, 2.75) is 46.4 Å². The molecule has 3 aromatic rings. The average molecular weight is 681 g/mol. The summed E-state index contributed by atoms with van der Waals surface area (Å²) in [4.78, 5) is 46.1. The predicted octanol–water partition coefficient (Wildman–Crippen LogP) is 3.72. The van der Waals surface area contributed by atoms with Crippen molar-refractivity contribution in [2.75, 3.05) is 19.8 Å². The van der Waals surface area contributed by atoms with Crippen molar-refractivity contribution in [3.63, 3.8) is 0 Å². The topological polar surface area (TPSA) is 118 Å². The largest absolute Gasteiger partial charge is 0.465 e. The standard InChI is InChI=1S/C32H34BrN5O5S/c1-3-5-16-43-31(42)25-26-29(40)38(24(18-39)20-11-7-6-8-12-20)28(32(26)17-21(33)27(25)44-32)30(41)36(15-4-2)19-37-23-14-10-9-13-22(23)34-35-37/h3-4,6-14,21,24-28,39H,1-2,5,15-19H2/t21?,24-,25-,26+,27-,28?,32?/m1/s1. The molecule has 12 heteroatoms. The van der Waals surface area contributed by atoms with Crippen molar-refractivity contribution in [2.24, 2.45) is 11.8 Å². The Morgan fingerprint density at radius 1 is 1.18 bits per heavy atom. The number of carbonyl (C=O) groups is 3. The summed E-state index contributed by atoms with van der Waals surface area (Å²) in [7, 11) is 0. The second-order valence-corrected chi connectivity index (χ2v) is 14.0. The third kappa shape index (κ3) is 4.96. The third-order valence-electron chi connectivity index (χ3n) is 8.88. The van der Waals surface area contributed by atoms with Crippen LogP contribution in [0.2, 0.25) is 0 Å². The highest BCUT2D eigenvalue weighted by molar-refractivity contribution is 9.09. The van der Waals surface area contributed by atoms with E-state index < -0.39 is 41.2 Å². The van der Waals surface area contributed by atoms with E-state index in [-0.39, 0.29) is 41.7 Å². The molecule has 3 saturated heterocycles. The monoisotopic (exact) mass is 679 g/mol. The van der Waals surface area contributed by atoms with Crippen molar-refractivity contribution < 1.29 is 24.2 Å². The number of likely N-dealkylation sites (tertiary alicyclic amines) is 1. The van der Waals surface area contributed by atoms with E-state index in [1.807, 2.05) is 54.6 Å². The van der Waals surface area contributed by atoms with Crippen LogP contribution in [0.4, 0.5) is 0 Å². The fraction of sp³-hybridized carbons (Fsp3) is 0.406. The highest BCUT2D eigenvalue weighted by atomic mass is 79.9. The maximum atomic E-state index is 14.9. The number of ether oxygens (including phenoxy) is 1. The van der Waals surface area contributed by atoms with Crippen LogP contribution in [0.25, 0.3) is 11.0 Å². The normalized spacial score (nSPS) is 27.7. The lowest BCUT2D eigenvalue weighted by Gasteiger charge is -2.40. The molecule has 2 amide bonds. The number of aliphatic hydroxyl groups excluding tert-OH is 1. The molecule has 44 heavy (non-hydrogen) atoms. The molecule has 3 aliphatic heterocycles. The summed E-state index contributed by atoms with van der Waals surface area (Å²) in [5, 5.41) is 19.0. The van der Waals surface area contributed by atoms with Crippen LogP contribution in [0.3, 0.4) is 0 Å². The molecule has 10 nitrogen and oxygen atoms in total. The second-order valence-electron chi connectivity index (χ2n) is 11.3. The average Bonchev–Trinajstić information content (AvgIpc) is 3.75. The van der Waals surface area contributed by atoms with Crippen LogP contribution in [0.15, 0.2) is 79.9 Å². The van der Waals surface area contributed by atoms with Gasteiger partial charge in [-0.3, -0.25) is 14.4 Å². The second kappa shape index (κ2) is 12.5. The Labute approximate surface area is 268 Å². The van der Waals surface area contributed by atoms with Gasteiger partial charge in [0.05, 0.1) is 41.4 Å². The van der Waals surface area contributed by atoms with E-state index in [1.165, 1.54) is 16.7 Å². The molecule has 0 aliphatic carbocycles. The number of hydrogen-bond donors (Lipinski definition) is 1. The fourth-order valence-electron chi connectivity index (χ4n) is 7.05. The molecule has 6 rings (SSSR count). The highest BCUT2D eigenvalue weighted by Crippen LogP contribution is 2.68. The Bertz CT molecular complexity index is 1590. The number of alkyl halides is 1. The number of rotatable bonds is 12. The Morgan fingerprint density at radius 3 is 2.66 bits per heavy atom. The summed E-state index contributed by atoms with van der Waals surface area (Å²) in [6.07, 6.45) is 4.32. The maximum Gasteiger partial charge on any atom is 0.310 e. The van der Waals surface area contributed by atoms with E-state index >= 15 is 0 Å². The molecule has 1 N–H and O–H groups in total. The van der Waals surface area contributed by atoms with Gasteiger partial charge in [0.15, 0.2) is 0 Å². The molecule has 1 aromatic heterocycles. The lowest BCUT2D eigenvalue weighted by molar-refractivity contribution is -0.154. The summed E-state index contributed by atoms with van der Waals surface area (Å²) < 4.78 is 6.37. The molecule has 7 atom stereocenters. The van der Waals surface area contributed by atoms with Crippen molar-refractivity contribution in [1.29, 1.82) is 0 Å². The van der Waals surface area contributed by atoms with Crippen molar-refractivity contribution >= 4 is 56.5 Å². The van der Waals surface area contributed by atoms with E-state index in [0.717, 1.165) is 5.52 Å². The molecule has 0 saturated carbocycles. The molecule has 3 aliphatic rings. The molecular formula is C32H34BrN5O5S. The molecule has 2 aromatic carbocycles. The van der Waals surface area contributed by atoms with Gasteiger partial charge in [0.25, 0.3) is 0 Å². The summed E-state index contributed by atoms with van der Waals surface area (Å²) in [6, 6.07) is 14.9. The first-order valence-electron chi connectivity index (χ1n) is 14.6. The molecule has 230 valence electrons. The van der Waals surface area contributed by atoms with Crippen LogP contribution in [0, 0.1) is 11.8 Å². The number of benzene rings is 2. The van der Waals surface area contributed by atoms with Crippen LogP contribution in [-0.2, 0) is 25.8 Å². The van der Waals surface area contributed by atoms with Crippen molar-refractivity contribution in [1.82, 2.24) is 24.8 Å². The smallest absolute Gasteiger partial charge is 0.310 e. The van der Waals surface area contributed by atoms with E-state index in [4.69, 9.17) is 4.74 Å². The molecule has 2 bridgehead atoms. The molecule has 1 spiro atoms. The fourth-order valence-corrected chi connectivity index (χ4v) is 10.6. The number of thioether (sulfide) groups is 1.